The number of hydrazone groups is 1. The maximum atomic E-state index is 11.9. The van der Waals surface area contributed by atoms with Gasteiger partial charge in [0.15, 0.2) is 28.7 Å². The quantitative estimate of drug-likeness (QED) is 0.375. The molecule has 0 saturated heterocycles. The van der Waals surface area contributed by atoms with Crippen molar-refractivity contribution in [3.63, 3.8) is 0 Å². The minimum absolute atomic E-state index is 0.0627. The molecular weight excluding hydrogens is 316 g/mol. The van der Waals surface area contributed by atoms with E-state index in [0.29, 0.717) is 17.1 Å². The van der Waals surface area contributed by atoms with Crippen LogP contribution in [-0.4, -0.2) is 41.7 Å². The molecule has 0 aliphatic carbocycles. The van der Waals surface area contributed by atoms with E-state index in [0.717, 1.165) is 12.1 Å². The Morgan fingerprint density at radius 3 is 2.25 bits per heavy atom. The molecule has 2 aromatic carbocycles. The van der Waals surface area contributed by atoms with Gasteiger partial charge in [-0.05, 0) is 35.9 Å². The maximum absolute atomic E-state index is 11.9. The summed E-state index contributed by atoms with van der Waals surface area (Å²) in [6.45, 7) is 0. The zero-order chi connectivity index (χ0) is 17.7. The van der Waals surface area contributed by atoms with Gasteiger partial charge >= 0.3 is 0 Å². The van der Waals surface area contributed by atoms with Crippen LogP contribution in [-0.2, 0) is 0 Å². The number of phenolic OH excluding ortho intramolecular Hbond substituents is 3. The standard InChI is InChI=1S/C16H16N2O6/c1-23-13-4-3-9(5-14(13)24-2)8-17-18-16(22)10-6-11(19)15(21)12(20)7-10/h3-8,19-21H,1-2H3,(H,18,22). The Bertz CT molecular complexity index is 765. The molecule has 8 heteroatoms. The zero-order valence-electron chi connectivity index (χ0n) is 13.0. The van der Waals surface area contributed by atoms with E-state index in [1.54, 1.807) is 18.2 Å². The van der Waals surface area contributed by atoms with Crippen LogP contribution in [0.1, 0.15) is 15.9 Å². The summed E-state index contributed by atoms with van der Waals surface area (Å²) in [7, 11) is 3.03. The van der Waals surface area contributed by atoms with Crippen LogP contribution in [0.5, 0.6) is 28.7 Å². The SMILES string of the molecule is COc1ccc(C=NNC(=O)c2cc(O)c(O)c(O)c2)cc1OC. The molecule has 24 heavy (non-hydrogen) atoms. The number of rotatable bonds is 5. The molecule has 0 aromatic heterocycles. The Labute approximate surface area is 137 Å². The molecule has 126 valence electrons. The number of carbonyl (C=O) groups excluding carboxylic acids is 1. The molecule has 8 nitrogen and oxygen atoms in total. The summed E-state index contributed by atoms with van der Waals surface area (Å²) < 4.78 is 10.3. The van der Waals surface area contributed by atoms with Crippen molar-refractivity contribution in [2.75, 3.05) is 14.2 Å². The first-order chi connectivity index (χ1) is 11.5. The summed E-state index contributed by atoms with van der Waals surface area (Å²) in [5.74, 6) is -1.50. The fourth-order valence-corrected chi connectivity index (χ4v) is 1.90. The van der Waals surface area contributed by atoms with Crippen molar-refractivity contribution < 1.29 is 29.6 Å². The van der Waals surface area contributed by atoms with Crippen LogP contribution in [0.25, 0.3) is 0 Å². The van der Waals surface area contributed by atoms with E-state index in [-0.39, 0.29) is 5.56 Å². The zero-order valence-corrected chi connectivity index (χ0v) is 13.0. The van der Waals surface area contributed by atoms with Crippen LogP contribution < -0.4 is 14.9 Å². The summed E-state index contributed by atoms with van der Waals surface area (Å²) >= 11 is 0. The van der Waals surface area contributed by atoms with Crippen LogP contribution in [0.2, 0.25) is 0 Å². The molecule has 0 spiro atoms. The van der Waals surface area contributed by atoms with E-state index < -0.39 is 23.2 Å². The molecule has 0 bridgehead atoms. The normalized spacial score (nSPS) is 10.6. The minimum atomic E-state index is -0.694. The van der Waals surface area contributed by atoms with Gasteiger partial charge in [-0.25, -0.2) is 5.43 Å². The number of nitrogens with one attached hydrogen (secondary N) is 1. The van der Waals surface area contributed by atoms with Crippen LogP contribution >= 0.6 is 0 Å². The molecule has 1 amide bonds. The second kappa shape index (κ2) is 7.23. The molecule has 0 fully saturated rings. The third kappa shape index (κ3) is 3.67. The number of amides is 1. The summed E-state index contributed by atoms with van der Waals surface area (Å²) in [4.78, 5) is 11.9. The maximum Gasteiger partial charge on any atom is 0.271 e. The number of benzene rings is 2. The fourth-order valence-electron chi connectivity index (χ4n) is 1.90. The first kappa shape index (κ1) is 16.9. The van der Waals surface area contributed by atoms with Crippen LogP contribution in [0.3, 0.4) is 0 Å². The number of aromatic hydroxyl groups is 3. The average molecular weight is 332 g/mol. The minimum Gasteiger partial charge on any atom is -0.504 e. The Morgan fingerprint density at radius 1 is 1.04 bits per heavy atom. The molecule has 0 heterocycles. The molecule has 0 radical (unpaired) electrons. The number of nitrogens with zero attached hydrogens (tertiary/aromatic N) is 1. The van der Waals surface area contributed by atoms with Gasteiger partial charge in [-0.2, -0.15) is 5.10 Å². The van der Waals surface area contributed by atoms with Gasteiger partial charge in [0.1, 0.15) is 0 Å². The second-order valence-electron chi connectivity index (χ2n) is 4.68. The average Bonchev–Trinajstić information content (AvgIpc) is 2.58. The summed E-state index contributed by atoms with van der Waals surface area (Å²) in [5, 5.41) is 31.8. The largest absolute Gasteiger partial charge is 0.504 e. The van der Waals surface area contributed by atoms with Gasteiger partial charge in [-0.1, -0.05) is 0 Å². The van der Waals surface area contributed by atoms with E-state index in [1.165, 1.54) is 20.4 Å². The number of phenols is 3. The number of carbonyl (C=O) groups is 1. The van der Waals surface area contributed by atoms with E-state index in [2.05, 4.69) is 10.5 Å². The lowest BCUT2D eigenvalue weighted by Gasteiger charge is -2.07. The van der Waals surface area contributed by atoms with Crippen molar-refractivity contribution in [3.05, 3.63) is 41.5 Å². The van der Waals surface area contributed by atoms with Gasteiger partial charge in [-0.3, -0.25) is 4.79 Å². The molecule has 0 aliphatic rings. The molecule has 0 unspecified atom stereocenters. The summed E-state index contributed by atoms with van der Waals surface area (Å²) in [6, 6.07) is 7.10. The lowest BCUT2D eigenvalue weighted by atomic mass is 10.2. The van der Waals surface area contributed by atoms with Gasteiger partial charge < -0.3 is 24.8 Å². The first-order valence-electron chi connectivity index (χ1n) is 6.76. The molecule has 2 aromatic rings. The fraction of sp³-hybridized carbons (Fsp3) is 0.125. The topological polar surface area (TPSA) is 121 Å². The van der Waals surface area contributed by atoms with E-state index >= 15 is 0 Å². The van der Waals surface area contributed by atoms with Gasteiger partial charge in [0.05, 0.1) is 20.4 Å². The van der Waals surface area contributed by atoms with E-state index in [4.69, 9.17) is 9.47 Å². The van der Waals surface area contributed by atoms with Crippen LogP contribution in [0.4, 0.5) is 0 Å². The van der Waals surface area contributed by atoms with Crippen molar-refractivity contribution in [3.8, 4) is 28.7 Å². The van der Waals surface area contributed by atoms with Crippen LogP contribution in [0.15, 0.2) is 35.4 Å². The Morgan fingerprint density at radius 2 is 1.67 bits per heavy atom. The Hall–Kier alpha value is -3.42. The smallest absolute Gasteiger partial charge is 0.271 e. The lowest BCUT2D eigenvalue weighted by molar-refractivity contribution is 0.0954. The van der Waals surface area contributed by atoms with Gasteiger partial charge in [0.2, 0.25) is 0 Å². The Balaban J connectivity index is 2.10. The highest BCUT2D eigenvalue weighted by Gasteiger charge is 2.13. The highest BCUT2D eigenvalue weighted by Crippen LogP contribution is 2.35. The van der Waals surface area contributed by atoms with Crippen molar-refractivity contribution in [2.45, 2.75) is 0 Å². The number of hydrogen-bond donors (Lipinski definition) is 4. The monoisotopic (exact) mass is 332 g/mol. The summed E-state index contributed by atoms with van der Waals surface area (Å²) in [6.07, 6.45) is 1.39. The third-order valence-electron chi connectivity index (χ3n) is 3.12. The predicted molar refractivity (Wildman–Crippen MR) is 86.0 cm³/mol. The lowest BCUT2D eigenvalue weighted by Crippen LogP contribution is -2.17. The van der Waals surface area contributed by atoms with Crippen molar-refractivity contribution in [2.24, 2.45) is 5.10 Å². The molecule has 0 aliphatic heterocycles. The van der Waals surface area contributed by atoms with Gasteiger partial charge in [-0.15, -0.1) is 0 Å². The van der Waals surface area contributed by atoms with Crippen molar-refractivity contribution in [1.82, 2.24) is 5.43 Å². The highest BCUT2D eigenvalue weighted by atomic mass is 16.5. The third-order valence-corrected chi connectivity index (χ3v) is 3.12. The second-order valence-corrected chi connectivity index (χ2v) is 4.68. The molecule has 2 rings (SSSR count). The molecule has 0 saturated carbocycles. The van der Waals surface area contributed by atoms with E-state index in [9.17, 15) is 20.1 Å². The highest BCUT2D eigenvalue weighted by molar-refractivity contribution is 5.96. The summed E-state index contributed by atoms with van der Waals surface area (Å²) in [5.41, 5.74) is 2.84. The first-order valence-corrected chi connectivity index (χ1v) is 6.76. The number of ether oxygens (including phenoxy) is 2. The predicted octanol–water partition coefficient (Wildman–Crippen LogP) is 1.58. The number of methoxy groups -OCH3 is 2. The van der Waals surface area contributed by atoms with Crippen LogP contribution in [0, 0.1) is 0 Å². The van der Waals surface area contributed by atoms with Gasteiger partial charge in [0.25, 0.3) is 5.91 Å². The molecule has 4 N–H and O–H groups in total. The van der Waals surface area contributed by atoms with Crippen molar-refractivity contribution >= 4 is 12.1 Å². The molecule has 0 atom stereocenters. The van der Waals surface area contributed by atoms with Crippen molar-refractivity contribution in [1.29, 1.82) is 0 Å². The Kier molecular flexibility index (Phi) is 5.10. The van der Waals surface area contributed by atoms with E-state index in [1.807, 2.05) is 0 Å². The number of hydrogen-bond acceptors (Lipinski definition) is 7. The molecular formula is C16H16N2O6. The van der Waals surface area contributed by atoms with Gasteiger partial charge in [0, 0.05) is 5.56 Å².